The van der Waals surface area contributed by atoms with E-state index in [-0.39, 0.29) is 0 Å². The Morgan fingerprint density at radius 1 is 1.29 bits per heavy atom. The minimum Gasteiger partial charge on any atom is -0.426 e. The molecule has 0 spiro atoms. The summed E-state index contributed by atoms with van der Waals surface area (Å²) in [5.41, 5.74) is 0. The molecular formula is C9H6Cl2N2O. The van der Waals surface area contributed by atoms with Gasteiger partial charge in [-0.3, -0.25) is 4.98 Å². The third-order valence-electron chi connectivity index (χ3n) is 1.53. The van der Waals surface area contributed by atoms with Crippen molar-refractivity contribution in [3.63, 3.8) is 0 Å². The van der Waals surface area contributed by atoms with Crippen LogP contribution in [0.3, 0.4) is 0 Å². The number of hydrogen-bond donors (Lipinski definition) is 1. The largest absolute Gasteiger partial charge is 0.426 e. The second-order valence-corrected chi connectivity index (χ2v) is 3.44. The van der Waals surface area contributed by atoms with Gasteiger partial charge in [-0.15, -0.1) is 0 Å². The molecule has 72 valence electrons. The zero-order valence-corrected chi connectivity index (χ0v) is 8.51. The number of H-pyrrole nitrogens is 1. The highest BCUT2D eigenvalue weighted by atomic mass is 35.5. The van der Waals surface area contributed by atoms with Gasteiger partial charge in [0.1, 0.15) is 10.9 Å². The molecule has 0 aliphatic carbocycles. The summed E-state index contributed by atoms with van der Waals surface area (Å²) in [4.78, 5) is 6.62. The van der Waals surface area contributed by atoms with Crippen molar-refractivity contribution in [2.75, 3.05) is 0 Å². The van der Waals surface area contributed by atoms with Crippen LogP contribution in [0.2, 0.25) is 10.2 Å². The van der Waals surface area contributed by atoms with Gasteiger partial charge in [-0.2, -0.15) is 0 Å². The highest BCUT2D eigenvalue weighted by Gasteiger charge is 2.01. The van der Waals surface area contributed by atoms with Crippen LogP contribution >= 0.6 is 23.2 Å². The Morgan fingerprint density at radius 3 is 2.79 bits per heavy atom. The Bertz CT molecular complexity index is 442. The van der Waals surface area contributed by atoms with Crippen LogP contribution in [0.5, 0.6) is 11.8 Å². The standard InChI is InChI=1S/C9H6Cl2N2O/c10-6-2-1-3-7(4-6)14-9-12-5-8(11)13-9/h1-5H,(H,12,13). The maximum atomic E-state index is 5.78. The molecule has 0 atom stereocenters. The first-order chi connectivity index (χ1) is 6.74. The molecule has 0 fully saturated rings. The van der Waals surface area contributed by atoms with E-state index in [1.807, 2.05) is 0 Å². The average molecular weight is 229 g/mol. The van der Waals surface area contributed by atoms with Crippen molar-refractivity contribution >= 4 is 23.2 Å². The number of nitrogens with zero attached hydrogens (tertiary/aromatic N) is 1. The molecule has 0 bridgehead atoms. The van der Waals surface area contributed by atoms with E-state index in [2.05, 4.69) is 9.97 Å². The van der Waals surface area contributed by atoms with Gasteiger partial charge in [-0.25, -0.2) is 4.98 Å². The number of halogens is 2. The molecule has 2 aromatic rings. The molecule has 0 unspecified atom stereocenters. The number of aromatic nitrogens is 2. The molecule has 1 aromatic heterocycles. The van der Waals surface area contributed by atoms with Crippen LogP contribution in [-0.4, -0.2) is 9.97 Å². The summed E-state index contributed by atoms with van der Waals surface area (Å²) in [6.07, 6.45) is 1.47. The van der Waals surface area contributed by atoms with Gasteiger partial charge in [0.25, 0.3) is 6.01 Å². The van der Waals surface area contributed by atoms with Crippen LogP contribution in [0, 0.1) is 0 Å². The lowest BCUT2D eigenvalue weighted by Gasteiger charge is -2.00. The van der Waals surface area contributed by atoms with E-state index in [4.69, 9.17) is 27.9 Å². The van der Waals surface area contributed by atoms with Crippen LogP contribution in [0.4, 0.5) is 0 Å². The third-order valence-corrected chi connectivity index (χ3v) is 1.96. The van der Waals surface area contributed by atoms with Crippen molar-refractivity contribution in [3.8, 4) is 11.8 Å². The van der Waals surface area contributed by atoms with Gasteiger partial charge >= 0.3 is 0 Å². The van der Waals surface area contributed by atoms with Crippen molar-refractivity contribution < 1.29 is 4.74 Å². The Hall–Kier alpha value is -1.19. The molecule has 0 aliphatic rings. The van der Waals surface area contributed by atoms with Crippen LogP contribution in [-0.2, 0) is 0 Å². The Kier molecular flexibility index (Phi) is 2.61. The van der Waals surface area contributed by atoms with Gasteiger partial charge < -0.3 is 4.74 Å². The molecule has 2 rings (SSSR count). The first-order valence-corrected chi connectivity index (χ1v) is 4.63. The van der Waals surface area contributed by atoms with Gasteiger partial charge in [-0.1, -0.05) is 29.3 Å². The van der Waals surface area contributed by atoms with Crippen molar-refractivity contribution in [1.29, 1.82) is 0 Å². The zero-order valence-electron chi connectivity index (χ0n) is 7.00. The summed E-state index contributed by atoms with van der Waals surface area (Å²) in [6, 6.07) is 7.38. The molecule has 5 heteroatoms. The van der Waals surface area contributed by atoms with Gasteiger partial charge in [0.15, 0.2) is 0 Å². The number of nitrogens with one attached hydrogen (secondary N) is 1. The van der Waals surface area contributed by atoms with Crippen LogP contribution in [0.25, 0.3) is 0 Å². The summed E-state index contributed by atoms with van der Waals surface area (Å²) < 4.78 is 5.34. The monoisotopic (exact) mass is 228 g/mol. The van der Waals surface area contributed by atoms with Crippen molar-refractivity contribution in [2.45, 2.75) is 0 Å². The number of rotatable bonds is 2. The lowest BCUT2D eigenvalue weighted by molar-refractivity contribution is 0.447. The lowest BCUT2D eigenvalue weighted by Crippen LogP contribution is -1.85. The summed E-state index contributed by atoms with van der Waals surface area (Å²) in [7, 11) is 0. The molecule has 0 aliphatic heterocycles. The third kappa shape index (κ3) is 2.19. The maximum Gasteiger partial charge on any atom is 0.300 e. The maximum absolute atomic E-state index is 5.78. The second-order valence-electron chi connectivity index (χ2n) is 2.60. The highest BCUT2D eigenvalue weighted by Crippen LogP contribution is 2.22. The van der Waals surface area contributed by atoms with E-state index in [1.54, 1.807) is 24.3 Å². The zero-order chi connectivity index (χ0) is 9.97. The van der Waals surface area contributed by atoms with Gasteiger partial charge in [-0.05, 0) is 18.2 Å². The molecule has 0 saturated heterocycles. The fourth-order valence-electron chi connectivity index (χ4n) is 0.976. The second kappa shape index (κ2) is 3.90. The predicted octanol–water partition coefficient (Wildman–Crippen LogP) is 3.51. The van der Waals surface area contributed by atoms with Gasteiger partial charge in [0, 0.05) is 5.02 Å². The predicted molar refractivity (Wildman–Crippen MR) is 55.1 cm³/mol. The van der Waals surface area contributed by atoms with Gasteiger partial charge in [0.2, 0.25) is 0 Å². The normalized spacial score (nSPS) is 10.1. The summed E-state index contributed by atoms with van der Waals surface area (Å²) in [5.74, 6) is 0.614. The quantitative estimate of drug-likeness (QED) is 0.855. The number of imidazole rings is 1. The van der Waals surface area contributed by atoms with Crippen molar-refractivity contribution in [3.05, 3.63) is 40.6 Å². The van der Waals surface area contributed by atoms with Crippen LogP contribution in [0.1, 0.15) is 0 Å². The molecule has 0 radical (unpaired) electrons. The Morgan fingerprint density at radius 2 is 2.14 bits per heavy atom. The topological polar surface area (TPSA) is 37.9 Å². The molecule has 1 heterocycles. The smallest absolute Gasteiger partial charge is 0.300 e. The SMILES string of the molecule is Clc1cccc(Oc2ncc(Cl)[nH]2)c1. The summed E-state index contributed by atoms with van der Waals surface area (Å²) in [6.45, 7) is 0. The first kappa shape index (κ1) is 9.37. The molecular weight excluding hydrogens is 223 g/mol. The molecule has 14 heavy (non-hydrogen) atoms. The minimum atomic E-state index is 0.345. The van der Waals surface area contributed by atoms with E-state index in [1.165, 1.54) is 6.20 Å². The fraction of sp³-hybridized carbons (Fsp3) is 0. The van der Waals surface area contributed by atoms with E-state index in [9.17, 15) is 0 Å². The van der Waals surface area contributed by atoms with E-state index >= 15 is 0 Å². The molecule has 1 N–H and O–H groups in total. The van der Waals surface area contributed by atoms with Gasteiger partial charge in [0.05, 0.1) is 6.20 Å². The van der Waals surface area contributed by atoms with E-state index < -0.39 is 0 Å². The lowest BCUT2D eigenvalue weighted by atomic mass is 10.3. The molecule has 3 nitrogen and oxygen atoms in total. The Balaban J connectivity index is 2.18. The Labute approximate surface area is 90.6 Å². The average Bonchev–Trinajstić information content (AvgIpc) is 2.51. The number of aromatic amines is 1. The van der Waals surface area contributed by atoms with Crippen molar-refractivity contribution in [1.82, 2.24) is 9.97 Å². The highest BCUT2D eigenvalue weighted by molar-refractivity contribution is 6.30. The first-order valence-electron chi connectivity index (χ1n) is 3.88. The van der Waals surface area contributed by atoms with E-state index in [0.717, 1.165) is 0 Å². The van der Waals surface area contributed by atoms with Crippen LogP contribution < -0.4 is 4.74 Å². The summed E-state index contributed by atoms with van der Waals surface area (Å²) in [5, 5.41) is 1.04. The molecule has 0 saturated carbocycles. The fourth-order valence-corrected chi connectivity index (χ4v) is 1.29. The minimum absolute atomic E-state index is 0.345. The number of ether oxygens (including phenoxy) is 1. The van der Waals surface area contributed by atoms with E-state index in [0.29, 0.717) is 21.9 Å². The van der Waals surface area contributed by atoms with Crippen molar-refractivity contribution in [2.24, 2.45) is 0 Å². The molecule has 0 amide bonds. The van der Waals surface area contributed by atoms with Crippen LogP contribution in [0.15, 0.2) is 30.5 Å². The number of benzene rings is 1. The summed E-state index contributed by atoms with van der Waals surface area (Å²) >= 11 is 11.4. The number of hydrogen-bond acceptors (Lipinski definition) is 2. The molecule has 1 aromatic carbocycles.